The first-order valence-corrected chi connectivity index (χ1v) is 25.4. The van der Waals surface area contributed by atoms with Crippen LogP contribution in [0.15, 0.2) is 22.1 Å². The molecule has 1 rings (SSSR count). The van der Waals surface area contributed by atoms with Crippen LogP contribution in [0.2, 0.25) is 26.1 Å². The summed E-state index contributed by atoms with van der Waals surface area (Å²) in [7, 11) is 0. The van der Waals surface area contributed by atoms with E-state index in [9.17, 15) is 0 Å². The number of rotatable bonds is 19. The van der Waals surface area contributed by atoms with Crippen LogP contribution in [0.3, 0.4) is 0 Å². The van der Waals surface area contributed by atoms with Gasteiger partial charge in [0.2, 0.25) is 0 Å². The van der Waals surface area contributed by atoms with E-state index in [0.717, 1.165) is 0 Å². The van der Waals surface area contributed by atoms with E-state index in [2.05, 4.69) is 102 Å². The molecule has 0 amide bonds. The van der Waals surface area contributed by atoms with E-state index < -0.39 is 14.0 Å². The Kier molecular flexibility index (Phi) is 29.1. The molecule has 0 radical (unpaired) electrons. The van der Waals surface area contributed by atoms with Crippen LogP contribution in [0.25, 0.3) is 0 Å². The Morgan fingerprint density at radius 1 is 0.500 bits per heavy atom. The Bertz CT molecular complexity index is 480. The van der Waals surface area contributed by atoms with Crippen molar-refractivity contribution < 1.29 is 14.0 Å². The van der Waals surface area contributed by atoms with Crippen LogP contribution >= 0.6 is 0 Å². The molecule has 3 nitrogen and oxygen atoms in total. The molecule has 0 aromatic carbocycles. The van der Waals surface area contributed by atoms with Crippen LogP contribution in [-0.4, -0.2) is 39.3 Å². The molecule has 232 valence electrons. The molecule has 1 aliphatic carbocycles. The van der Waals surface area contributed by atoms with Gasteiger partial charge in [-0.15, -0.1) is 0 Å². The van der Waals surface area contributed by atoms with E-state index in [1.54, 1.807) is 3.88 Å². The monoisotopic (exact) mass is 576 g/mol. The van der Waals surface area contributed by atoms with Gasteiger partial charge in [0.1, 0.15) is 0 Å². The zero-order chi connectivity index (χ0) is 29.7. The van der Waals surface area contributed by atoms with Gasteiger partial charge in [0.05, 0.1) is 0 Å². The molecule has 0 aromatic rings. The van der Waals surface area contributed by atoms with Crippen molar-refractivity contribution in [2.75, 3.05) is 39.3 Å². The first kappa shape index (κ1) is 42.5. The maximum atomic E-state index is 3.39. The van der Waals surface area contributed by atoms with Crippen LogP contribution in [0.5, 0.6) is 0 Å². The SMILES string of the molecule is CCCCNCCCC.CCCCNCCCC.CCCCNCCCC.[CH3][Ti]([CH3])([CH3])([CH3])([CH3])[C]1=CC=CC1. The summed E-state index contributed by atoms with van der Waals surface area (Å²) in [4.78, 5) is 0. The first-order valence-electron chi connectivity index (χ1n) is 16.8. The molecule has 3 N–H and O–H groups in total. The minimum absolute atomic E-state index is 1.20. The zero-order valence-electron chi connectivity index (χ0n) is 28.7. The molecule has 0 fully saturated rings. The van der Waals surface area contributed by atoms with E-state index in [1.807, 2.05) is 0 Å². The van der Waals surface area contributed by atoms with Crippen molar-refractivity contribution in [3.05, 3.63) is 22.1 Å². The number of hydrogen-bond acceptors (Lipinski definition) is 3. The summed E-state index contributed by atoms with van der Waals surface area (Å²) in [5.41, 5.74) is 0. The van der Waals surface area contributed by atoms with E-state index in [4.69, 9.17) is 0 Å². The third-order valence-corrected chi connectivity index (χ3v) is 12.2. The van der Waals surface area contributed by atoms with Crippen molar-refractivity contribution in [2.45, 2.75) is 151 Å². The Labute approximate surface area is 241 Å². The molecule has 0 bridgehead atoms. The quantitative estimate of drug-likeness (QED) is 0.106. The van der Waals surface area contributed by atoms with Gasteiger partial charge in [-0.3, -0.25) is 0 Å². The molecular formula is C34H77N3Ti. The fraction of sp³-hybridized carbons (Fsp3) is 0.882. The molecule has 0 saturated heterocycles. The van der Waals surface area contributed by atoms with Gasteiger partial charge in [0.15, 0.2) is 0 Å². The maximum absolute atomic E-state index is 3.39. The van der Waals surface area contributed by atoms with Gasteiger partial charge >= 0.3 is 68.7 Å². The minimum atomic E-state index is -2.61. The van der Waals surface area contributed by atoms with Gasteiger partial charge in [0.25, 0.3) is 0 Å². The Morgan fingerprint density at radius 2 is 0.763 bits per heavy atom. The first-order chi connectivity index (χ1) is 17.8. The molecule has 0 heterocycles. The second kappa shape index (κ2) is 26.0. The predicted molar refractivity (Wildman–Crippen MR) is 179 cm³/mol. The van der Waals surface area contributed by atoms with Crippen LogP contribution < -0.4 is 16.0 Å². The van der Waals surface area contributed by atoms with Crippen molar-refractivity contribution >= 4 is 0 Å². The third kappa shape index (κ3) is 36.1. The molecule has 0 aliphatic heterocycles. The summed E-state index contributed by atoms with van der Waals surface area (Å²) >= 11 is -2.61. The fourth-order valence-corrected chi connectivity index (χ4v) is 6.79. The van der Waals surface area contributed by atoms with Crippen molar-refractivity contribution in [3.63, 3.8) is 0 Å². The molecular weight excluding hydrogens is 498 g/mol. The fourth-order valence-electron chi connectivity index (χ4n) is 3.56. The molecule has 0 atom stereocenters. The number of allylic oxidation sites excluding steroid dienone is 4. The number of unbranched alkanes of at least 4 members (excludes halogenated alkanes) is 6. The van der Waals surface area contributed by atoms with E-state index in [-0.39, 0.29) is 0 Å². The van der Waals surface area contributed by atoms with E-state index in [1.165, 1.54) is 123 Å². The van der Waals surface area contributed by atoms with E-state index >= 15 is 0 Å². The molecule has 4 heteroatoms. The molecule has 38 heavy (non-hydrogen) atoms. The molecule has 1 aliphatic rings. The molecule has 0 unspecified atom stereocenters. The third-order valence-electron chi connectivity index (χ3n) is 6.62. The normalized spacial score (nSPS) is 14.1. The summed E-state index contributed by atoms with van der Waals surface area (Å²) < 4.78 is 1.70. The Morgan fingerprint density at radius 3 is 0.895 bits per heavy atom. The number of hydrogen-bond donors (Lipinski definition) is 3. The van der Waals surface area contributed by atoms with Gasteiger partial charge < -0.3 is 16.0 Å². The van der Waals surface area contributed by atoms with E-state index in [0.29, 0.717) is 0 Å². The Hall–Kier alpha value is 0.0743. The van der Waals surface area contributed by atoms with Crippen molar-refractivity contribution in [2.24, 2.45) is 0 Å². The van der Waals surface area contributed by atoms with Crippen molar-refractivity contribution in [3.8, 4) is 0 Å². The van der Waals surface area contributed by atoms with Crippen LogP contribution in [0.4, 0.5) is 0 Å². The second-order valence-electron chi connectivity index (χ2n) is 14.9. The Balaban J connectivity index is -0.000000432. The van der Waals surface area contributed by atoms with Crippen LogP contribution in [0.1, 0.15) is 125 Å². The molecule has 0 saturated carbocycles. The predicted octanol–water partition coefficient (Wildman–Crippen LogP) is 10.8. The topological polar surface area (TPSA) is 36.1 Å². The van der Waals surface area contributed by atoms with Gasteiger partial charge in [-0.2, -0.15) is 0 Å². The molecule has 0 aromatic heterocycles. The summed E-state index contributed by atoms with van der Waals surface area (Å²) in [6, 6.07) is 0. The average molecular weight is 576 g/mol. The second-order valence-corrected chi connectivity index (χ2v) is 35.5. The van der Waals surface area contributed by atoms with Gasteiger partial charge in [0, 0.05) is 0 Å². The van der Waals surface area contributed by atoms with Crippen molar-refractivity contribution in [1.29, 1.82) is 0 Å². The van der Waals surface area contributed by atoms with Crippen LogP contribution in [0, 0.1) is 0 Å². The van der Waals surface area contributed by atoms with Gasteiger partial charge in [-0.25, -0.2) is 0 Å². The van der Waals surface area contributed by atoms with Gasteiger partial charge in [-0.05, 0) is 77.8 Å². The number of nitrogens with one attached hydrogen (secondary N) is 3. The summed E-state index contributed by atoms with van der Waals surface area (Å²) in [5.74, 6) is 0. The summed E-state index contributed by atoms with van der Waals surface area (Å²) in [6.07, 6.45) is 23.7. The van der Waals surface area contributed by atoms with Crippen molar-refractivity contribution in [1.82, 2.24) is 16.0 Å². The molecule has 0 spiro atoms. The van der Waals surface area contributed by atoms with Crippen LogP contribution in [-0.2, 0) is 14.0 Å². The van der Waals surface area contributed by atoms with Gasteiger partial charge in [-0.1, -0.05) is 80.1 Å². The standard InChI is InChI=1S/3C8H19N.C5H5.5CH3.Ti/c3*1-3-5-7-9-8-6-4-2;1-2-4-5-3-1;;;;;;/h3*9H,3-8H2,1-2H3;1-3H,4H2;5*1H3;. The summed E-state index contributed by atoms with van der Waals surface area (Å²) in [6.45, 7) is 20.6. The average Bonchev–Trinajstić information content (AvgIpc) is 3.41. The zero-order valence-corrected chi connectivity index (χ0v) is 30.2. The summed E-state index contributed by atoms with van der Waals surface area (Å²) in [5, 5.41) is 22.6.